The molecule has 0 aliphatic carbocycles. The third-order valence-electron chi connectivity index (χ3n) is 4.65. The summed E-state index contributed by atoms with van der Waals surface area (Å²) < 4.78 is 12.6. The van der Waals surface area contributed by atoms with Gasteiger partial charge >= 0.3 is 0 Å². The summed E-state index contributed by atoms with van der Waals surface area (Å²) in [6, 6.07) is 5.48. The summed E-state index contributed by atoms with van der Waals surface area (Å²) in [5.41, 5.74) is 1.37. The van der Waals surface area contributed by atoms with Crippen molar-refractivity contribution in [2.75, 3.05) is 39.4 Å². The van der Waals surface area contributed by atoms with Crippen LogP contribution in [-0.2, 0) is 11.3 Å². The Morgan fingerprint density at radius 1 is 1.24 bits per heavy atom. The third-order valence-corrected chi connectivity index (χ3v) is 6.67. The van der Waals surface area contributed by atoms with E-state index in [-0.39, 0.29) is 17.6 Å². The van der Waals surface area contributed by atoms with E-state index in [2.05, 4.69) is 27.1 Å². The van der Waals surface area contributed by atoms with Crippen molar-refractivity contribution in [3.63, 3.8) is 0 Å². The fourth-order valence-electron chi connectivity index (χ4n) is 3.01. The van der Waals surface area contributed by atoms with Crippen LogP contribution in [0.25, 0.3) is 11.4 Å². The van der Waals surface area contributed by atoms with Crippen molar-refractivity contribution in [1.29, 1.82) is 0 Å². The number of ether oxygens (including phenoxy) is 2. The quantitative estimate of drug-likeness (QED) is 0.332. The summed E-state index contributed by atoms with van der Waals surface area (Å²) in [5, 5.41) is 12.3. The fourth-order valence-corrected chi connectivity index (χ4v) is 4.77. The number of nitrogens with zero attached hydrogens (tertiary/aromatic N) is 5. The fraction of sp³-hybridized carbons (Fsp3) is 0.318. The highest BCUT2D eigenvalue weighted by Crippen LogP contribution is 2.33. The zero-order chi connectivity index (χ0) is 24.8. The maximum Gasteiger partial charge on any atom is 0.265 e. The number of thioether (sulfide) groups is 1. The molecule has 0 bridgehead atoms. The highest BCUT2D eigenvalue weighted by atomic mass is 32.2. The van der Waals surface area contributed by atoms with Gasteiger partial charge in [0.25, 0.3) is 5.91 Å². The standard InChI is InChI=1S/C22H26N6O4S2/c1-7-10-28-19(14-8-9-15(31-5)16(11-14)32-6)25-26-22(28)33-12-17(29)24-21-23-13(2)18(34-21)20(30)27(3)4/h7-9,11H,1,10,12H2,2-6H3,(H,23,24,29). The number of benzene rings is 1. The number of anilines is 1. The zero-order valence-electron chi connectivity index (χ0n) is 19.6. The van der Waals surface area contributed by atoms with Crippen molar-refractivity contribution < 1.29 is 19.1 Å². The molecule has 12 heteroatoms. The van der Waals surface area contributed by atoms with Gasteiger partial charge in [-0.05, 0) is 25.1 Å². The molecule has 0 saturated heterocycles. The molecule has 2 aromatic heterocycles. The van der Waals surface area contributed by atoms with E-state index in [0.29, 0.717) is 44.7 Å². The van der Waals surface area contributed by atoms with Crippen LogP contribution in [-0.4, -0.2) is 70.5 Å². The van der Waals surface area contributed by atoms with E-state index in [1.165, 1.54) is 16.7 Å². The topological polar surface area (TPSA) is 111 Å². The molecule has 2 heterocycles. The van der Waals surface area contributed by atoms with Gasteiger partial charge in [0.15, 0.2) is 27.6 Å². The van der Waals surface area contributed by atoms with Crippen LogP contribution in [0, 0.1) is 6.92 Å². The van der Waals surface area contributed by atoms with Crippen molar-refractivity contribution in [2.45, 2.75) is 18.6 Å². The molecule has 0 aliphatic rings. The van der Waals surface area contributed by atoms with Gasteiger partial charge in [0, 0.05) is 26.2 Å². The third kappa shape index (κ3) is 5.57. The molecule has 3 rings (SSSR count). The summed E-state index contributed by atoms with van der Waals surface area (Å²) in [4.78, 5) is 31.0. The Hall–Kier alpha value is -3.38. The molecular weight excluding hydrogens is 476 g/mol. The zero-order valence-corrected chi connectivity index (χ0v) is 21.2. The van der Waals surface area contributed by atoms with Gasteiger partial charge in [-0.1, -0.05) is 29.2 Å². The number of aryl methyl sites for hydroxylation is 1. The highest BCUT2D eigenvalue weighted by molar-refractivity contribution is 7.99. The highest BCUT2D eigenvalue weighted by Gasteiger charge is 2.20. The lowest BCUT2D eigenvalue weighted by atomic mass is 10.2. The number of carbonyl (C=O) groups excluding carboxylic acids is 2. The van der Waals surface area contributed by atoms with Crippen molar-refractivity contribution in [3.05, 3.63) is 41.4 Å². The molecule has 10 nitrogen and oxygen atoms in total. The average Bonchev–Trinajstić information content (AvgIpc) is 3.39. The summed E-state index contributed by atoms with van der Waals surface area (Å²) in [7, 11) is 6.49. The van der Waals surface area contributed by atoms with Gasteiger partial charge in [-0.25, -0.2) is 4.98 Å². The molecule has 34 heavy (non-hydrogen) atoms. The number of methoxy groups -OCH3 is 2. The summed E-state index contributed by atoms with van der Waals surface area (Å²) in [6.07, 6.45) is 1.74. The molecule has 3 aromatic rings. The van der Waals surface area contributed by atoms with Crippen LogP contribution in [0.15, 0.2) is 36.0 Å². The predicted octanol–water partition coefficient (Wildman–Crippen LogP) is 3.35. The van der Waals surface area contributed by atoms with E-state index in [1.807, 2.05) is 16.7 Å². The first-order chi connectivity index (χ1) is 16.3. The number of nitrogens with one attached hydrogen (secondary N) is 1. The number of carbonyl (C=O) groups is 2. The number of thiazole rings is 1. The van der Waals surface area contributed by atoms with E-state index in [0.717, 1.165) is 16.9 Å². The van der Waals surface area contributed by atoms with Crippen molar-refractivity contribution >= 4 is 40.0 Å². The van der Waals surface area contributed by atoms with Gasteiger partial charge in [0.05, 0.1) is 25.7 Å². The van der Waals surface area contributed by atoms with Crippen LogP contribution in [0.2, 0.25) is 0 Å². The molecule has 0 radical (unpaired) electrons. The Morgan fingerprint density at radius 3 is 2.62 bits per heavy atom. The number of hydrogen-bond acceptors (Lipinski definition) is 9. The minimum atomic E-state index is -0.261. The maximum absolute atomic E-state index is 12.5. The molecule has 0 fully saturated rings. The summed E-state index contributed by atoms with van der Waals surface area (Å²) in [6.45, 7) is 6.02. The molecular formula is C22H26N6O4S2. The van der Waals surface area contributed by atoms with Gasteiger partial charge in [0.2, 0.25) is 5.91 Å². The van der Waals surface area contributed by atoms with Gasteiger partial charge in [0.1, 0.15) is 4.88 Å². The first kappa shape index (κ1) is 25.2. The molecule has 2 amide bonds. The second-order valence-electron chi connectivity index (χ2n) is 7.25. The van der Waals surface area contributed by atoms with Crippen LogP contribution in [0.1, 0.15) is 15.4 Å². The van der Waals surface area contributed by atoms with E-state index < -0.39 is 0 Å². The Kier molecular flexibility index (Phi) is 8.29. The van der Waals surface area contributed by atoms with Gasteiger partial charge in [-0.2, -0.15) is 0 Å². The number of amides is 2. The predicted molar refractivity (Wildman–Crippen MR) is 133 cm³/mol. The van der Waals surface area contributed by atoms with Crippen molar-refractivity contribution in [3.8, 4) is 22.9 Å². The number of rotatable bonds is 10. The minimum absolute atomic E-state index is 0.0940. The molecule has 1 aromatic carbocycles. The summed E-state index contributed by atoms with van der Waals surface area (Å²) >= 11 is 2.40. The number of allylic oxidation sites excluding steroid dienone is 1. The number of hydrogen-bond donors (Lipinski definition) is 1. The second-order valence-corrected chi connectivity index (χ2v) is 9.19. The molecule has 0 atom stereocenters. The molecule has 1 N–H and O–H groups in total. The van der Waals surface area contributed by atoms with Gasteiger partial charge in [-0.15, -0.1) is 16.8 Å². The van der Waals surface area contributed by atoms with Gasteiger partial charge < -0.3 is 19.7 Å². The Bertz CT molecular complexity index is 1200. The smallest absolute Gasteiger partial charge is 0.265 e. The Labute approximate surface area is 206 Å². The lowest BCUT2D eigenvalue weighted by Gasteiger charge is -2.11. The van der Waals surface area contributed by atoms with Crippen LogP contribution in [0.4, 0.5) is 5.13 Å². The van der Waals surface area contributed by atoms with Crippen LogP contribution in [0.5, 0.6) is 11.5 Å². The second kappa shape index (κ2) is 11.2. The average molecular weight is 503 g/mol. The van der Waals surface area contributed by atoms with Crippen LogP contribution >= 0.6 is 23.1 Å². The van der Waals surface area contributed by atoms with Crippen LogP contribution in [0.3, 0.4) is 0 Å². The monoisotopic (exact) mass is 502 g/mol. The molecule has 0 spiro atoms. The van der Waals surface area contributed by atoms with Crippen molar-refractivity contribution in [1.82, 2.24) is 24.6 Å². The van der Waals surface area contributed by atoms with Crippen LogP contribution < -0.4 is 14.8 Å². The van der Waals surface area contributed by atoms with E-state index in [9.17, 15) is 9.59 Å². The normalized spacial score (nSPS) is 10.6. The lowest BCUT2D eigenvalue weighted by Crippen LogP contribution is -2.21. The number of aromatic nitrogens is 4. The van der Waals surface area contributed by atoms with Gasteiger partial charge in [-0.3, -0.25) is 14.2 Å². The maximum atomic E-state index is 12.5. The Morgan fingerprint density at radius 2 is 1.97 bits per heavy atom. The summed E-state index contributed by atoms with van der Waals surface area (Å²) in [5.74, 6) is 1.49. The Balaban J connectivity index is 1.74. The molecule has 0 saturated carbocycles. The molecule has 180 valence electrons. The van der Waals surface area contributed by atoms with Crippen molar-refractivity contribution in [2.24, 2.45) is 0 Å². The molecule has 0 aliphatic heterocycles. The van der Waals surface area contributed by atoms with E-state index in [4.69, 9.17) is 9.47 Å². The van der Waals surface area contributed by atoms with E-state index >= 15 is 0 Å². The SMILES string of the molecule is C=CCn1c(SCC(=O)Nc2nc(C)c(C(=O)N(C)C)s2)nnc1-c1ccc(OC)c(OC)c1. The largest absolute Gasteiger partial charge is 0.493 e. The first-order valence-electron chi connectivity index (χ1n) is 10.2. The molecule has 0 unspecified atom stereocenters. The lowest BCUT2D eigenvalue weighted by molar-refractivity contribution is -0.113. The first-order valence-corrected chi connectivity index (χ1v) is 12.0. The minimum Gasteiger partial charge on any atom is -0.493 e. The van der Waals surface area contributed by atoms with E-state index in [1.54, 1.807) is 47.4 Å².